The summed E-state index contributed by atoms with van der Waals surface area (Å²) >= 11 is 0. The maximum atomic E-state index is 12.4. The Labute approximate surface area is 176 Å². The van der Waals surface area contributed by atoms with Crippen LogP contribution in [0.2, 0.25) is 0 Å². The molecule has 30 heavy (non-hydrogen) atoms. The molecular formula is C23H27N3O4. The number of carbonyl (C=O) groups excluding carboxylic acids is 1. The van der Waals surface area contributed by atoms with Crippen molar-refractivity contribution < 1.29 is 18.8 Å². The highest BCUT2D eigenvalue weighted by Gasteiger charge is 2.16. The molecule has 7 nitrogen and oxygen atoms in total. The second-order valence-electron chi connectivity index (χ2n) is 8.05. The van der Waals surface area contributed by atoms with Crippen molar-refractivity contribution in [1.29, 1.82) is 0 Å². The average Bonchev–Trinajstić information content (AvgIpc) is 3.20. The van der Waals surface area contributed by atoms with Crippen LogP contribution >= 0.6 is 0 Å². The molecule has 3 aromatic rings. The minimum absolute atomic E-state index is 0.0646. The Morgan fingerprint density at radius 1 is 1.03 bits per heavy atom. The summed E-state index contributed by atoms with van der Waals surface area (Å²) in [5.41, 5.74) is 2.09. The van der Waals surface area contributed by atoms with Gasteiger partial charge in [-0.25, -0.2) is 0 Å². The molecule has 0 unspecified atom stereocenters. The van der Waals surface area contributed by atoms with Gasteiger partial charge in [0.05, 0.1) is 13.7 Å². The summed E-state index contributed by atoms with van der Waals surface area (Å²) in [7, 11) is 3.28. The molecule has 0 atom stereocenters. The summed E-state index contributed by atoms with van der Waals surface area (Å²) in [5.74, 6) is 2.04. The van der Waals surface area contributed by atoms with Crippen LogP contribution in [0.25, 0.3) is 11.4 Å². The third kappa shape index (κ3) is 5.37. The van der Waals surface area contributed by atoms with Gasteiger partial charge in [0.25, 0.3) is 5.91 Å². The molecule has 0 saturated carbocycles. The maximum absolute atomic E-state index is 12.4. The lowest BCUT2D eigenvalue weighted by atomic mass is 9.87. The highest BCUT2D eigenvalue weighted by Crippen LogP contribution is 2.24. The van der Waals surface area contributed by atoms with Crippen molar-refractivity contribution in [2.75, 3.05) is 20.8 Å². The van der Waals surface area contributed by atoms with E-state index >= 15 is 0 Å². The fraction of sp³-hybridized carbons (Fsp3) is 0.348. The van der Waals surface area contributed by atoms with Crippen LogP contribution in [0.4, 0.5) is 0 Å². The zero-order chi connectivity index (χ0) is 21.7. The van der Waals surface area contributed by atoms with Gasteiger partial charge in [0, 0.05) is 12.6 Å². The molecule has 1 heterocycles. The number of ether oxygens (including phenoxy) is 2. The number of methoxy groups -OCH3 is 1. The molecule has 0 N–H and O–H groups in total. The second kappa shape index (κ2) is 8.98. The maximum Gasteiger partial charge on any atom is 0.260 e. The van der Waals surface area contributed by atoms with Crippen LogP contribution in [0.15, 0.2) is 53.1 Å². The Morgan fingerprint density at radius 3 is 2.27 bits per heavy atom. The minimum atomic E-state index is -0.181. The molecule has 7 heteroatoms. The standard InChI is InChI=1S/C23H27N3O4/c1-23(2,3)17-8-12-19(13-9-17)29-15-21(27)26(4)14-20-24-22(25-30-20)16-6-10-18(28-5)11-7-16/h6-13H,14-15H2,1-5H3. The van der Waals surface area contributed by atoms with Crippen LogP contribution < -0.4 is 9.47 Å². The van der Waals surface area contributed by atoms with Crippen molar-refractivity contribution in [3.05, 3.63) is 60.0 Å². The summed E-state index contributed by atoms with van der Waals surface area (Å²) in [6.07, 6.45) is 0. The van der Waals surface area contributed by atoms with Crippen LogP contribution in [0.5, 0.6) is 11.5 Å². The van der Waals surface area contributed by atoms with Gasteiger partial charge in [-0.3, -0.25) is 4.79 Å². The quantitative estimate of drug-likeness (QED) is 0.585. The van der Waals surface area contributed by atoms with Gasteiger partial charge in [-0.1, -0.05) is 38.1 Å². The van der Waals surface area contributed by atoms with E-state index in [1.165, 1.54) is 10.5 Å². The molecule has 0 aliphatic heterocycles. The number of nitrogens with zero attached hydrogens (tertiary/aromatic N) is 3. The van der Waals surface area contributed by atoms with Gasteiger partial charge < -0.3 is 18.9 Å². The predicted octanol–water partition coefficient (Wildman–Crippen LogP) is 4.08. The Morgan fingerprint density at radius 2 is 1.67 bits per heavy atom. The first-order valence-electron chi connectivity index (χ1n) is 9.70. The lowest BCUT2D eigenvalue weighted by Gasteiger charge is -2.19. The number of hydrogen-bond donors (Lipinski definition) is 0. The molecule has 0 spiro atoms. The molecule has 1 aromatic heterocycles. The van der Waals surface area contributed by atoms with Gasteiger partial charge in [-0.15, -0.1) is 0 Å². The van der Waals surface area contributed by atoms with Crippen molar-refractivity contribution in [3.8, 4) is 22.9 Å². The van der Waals surface area contributed by atoms with Crippen molar-refractivity contribution in [1.82, 2.24) is 15.0 Å². The van der Waals surface area contributed by atoms with Gasteiger partial charge in [0.1, 0.15) is 11.5 Å². The zero-order valence-electron chi connectivity index (χ0n) is 18.0. The van der Waals surface area contributed by atoms with E-state index in [9.17, 15) is 4.79 Å². The summed E-state index contributed by atoms with van der Waals surface area (Å²) in [6, 6.07) is 15.1. The van der Waals surface area contributed by atoms with Crippen molar-refractivity contribution in [3.63, 3.8) is 0 Å². The van der Waals surface area contributed by atoms with E-state index in [0.29, 0.717) is 17.5 Å². The molecule has 158 valence electrons. The molecular weight excluding hydrogens is 382 g/mol. The molecule has 0 aliphatic rings. The molecule has 0 radical (unpaired) electrons. The highest BCUT2D eigenvalue weighted by molar-refractivity contribution is 5.77. The van der Waals surface area contributed by atoms with Crippen LogP contribution in [-0.4, -0.2) is 41.7 Å². The normalized spacial score (nSPS) is 11.2. The molecule has 0 aliphatic carbocycles. The van der Waals surface area contributed by atoms with Gasteiger partial charge >= 0.3 is 0 Å². The SMILES string of the molecule is COc1ccc(-c2noc(CN(C)C(=O)COc3ccc(C(C)(C)C)cc3)n2)cc1. The Hall–Kier alpha value is -3.35. The summed E-state index contributed by atoms with van der Waals surface area (Å²) in [4.78, 5) is 18.2. The molecule has 0 fully saturated rings. The first kappa shape index (κ1) is 21.4. The smallest absolute Gasteiger partial charge is 0.260 e. The highest BCUT2D eigenvalue weighted by atomic mass is 16.5. The Kier molecular flexibility index (Phi) is 6.40. The van der Waals surface area contributed by atoms with Gasteiger partial charge in [0.2, 0.25) is 11.7 Å². The molecule has 3 rings (SSSR count). The zero-order valence-corrected chi connectivity index (χ0v) is 18.0. The predicted molar refractivity (Wildman–Crippen MR) is 113 cm³/mol. The van der Waals surface area contributed by atoms with Crippen LogP contribution in [0, 0.1) is 0 Å². The monoisotopic (exact) mass is 409 g/mol. The number of likely N-dealkylation sites (N-methyl/N-ethyl adjacent to an activating group) is 1. The average molecular weight is 409 g/mol. The van der Waals surface area contributed by atoms with Crippen LogP contribution in [-0.2, 0) is 16.8 Å². The number of carbonyl (C=O) groups is 1. The third-order valence-corrected chi connectivity index (χ3v) is 4.70. The number of amides is 1. The van der Waals surface area contributed by atoms with E-state index in [1.807, 2.05) is 48.5 Å². The van der Waals surface area contributed by atoms with Crippen LogP contribution in [0.3, 0.4) is 0 Å². The lowest BCUT2D eigenvalue weighted by molar-refractivity contribution is -0.132. The van der Waals surface area contributed by atoms with Gasteiger partial charge in [-0.2, -0.15) is 4.98 Å². The van der Waals surface area contributed by atoms with E-state index in [1.54, 1.807) is 14.2 Å². The largest absolute Gasteiger partial charge is 0.497 e. The number of benzene rings is 2. The summed E-state index contributed by atoms with van der Waals surface area (Å²) in [6.45, 7) is 6.59. The lowest BCUT2D eigenvalue weighted by Crippen LogP contribution is -2.31. The fourth-order valence-corrected chi connectivity index (χ4v) is 2.77. The number of hydrogen-bond acceptors (Lipinski definition) is 6. The first-order chi connectivity index (χ1) is 14.3. The topological polar surface area (TPSA) is 77.7 Å². The fourth-order valence-electron chi connectivity index (χ4n) is 2.77. The van der Waals surface area contributed by atoms with Crippen molar-refractivity contribution >= 4 is 5.91 Å². The van der Waals surface area contributed by atoms with E-state index in [0.717, 1.165) is 11.3 Å². The van der Waals surface area contributed by atoms with Gasteiger partial charge in [0.15, 0.2) is 6.61 Å². The van der Waals surface area contributed by atoms with E-state index < -0.39 is 0 Å². The molecule has 0 saturated heterocycles. The Bertz CT molecular complexity index is 973. The first-order valence-corrected chi connectivity index (χ1v) is 9.70. The number of rotatable bonds is 7. The van der Waals surface area contributed by atoms with Crippen LogP contribution in [0.1, 0.15) is 32.2 Å². The minimum Gasteiger partial charge on any atom is -0.497 e. The number of aromatic nitrogens is 2. The van der Waals surface area contributed by atoms with E-state index in [4.69, 9.17) is 14.0 Å². The summed E-state index contributed by atoms with van der Waals surface area (Å²) in [5, 5.41) is 3.98. The molecule has 2 aromatic carbocycles. The van der Waals surface area contributed by atoms with Gasteiger partial charge in [-0.05, 0) is 47.4 Å². The molecule has 0 bridgehead atoms. The second-order valence-corrected chi connectivity index (χ2v) is 8.05. The summed E-state index contributed by atoms with van der Waals surface area (Å²) < 4.78 is 16.0. The van der Waals surface area contributed by atoms with Crippen molar-refractivity contribution in [2.45, 2.75) is 32.7 Å². The van der Waals surface area contributed by atoms with E-state index in [-0.39, 0.29) is 24.5 Å². The third-order valence-electron chi connectivity index (χ3n) is 4.70. The molecule has 1 amide bonds. The van der Waals surface area contributed by atoms with Crippen molar-refractivity contribution in [2.24, 2.45) is 0 Å². The Balaban J connectivity index is 1.53. The van der Waals surface area contributed by atoms with E-state index in [2.05, 4.69) is 30.9 Å².